The van der Waals surface area contributed by atoms with Gasteiger partial charge in [0.15, 0.2) is 0 Å². The van der Waals surface area contributed by atoms with Gasteiger partial charge in [-0.2, -0.15) is 4.98 Å². The Kier molecular flexibility index (Phi) is 15.0. The third kappa shape index (κ3) is 13.5. The number of carbonyl (C=O) groups excluding carboxylic acids is 2. The second-order valence-electron chi connectivity index (χ2n) is 17.0. The fourth-order valence-corrected chi connectivity index (χ4v) is 7.30. The van der Waals surface area contributed by atoms with E-state index in [-0.39, 0.29) is 18.2 Å². The van der Waals surface area contributed by atoms with Crippen LogP contribution >= 0.6 is 0 Å². The zero-order valence-electron chi connectivity index (χ0n) is 34.1. The summed E-state index contributed by atoms with van der Waals surface area (Å²) in [5.41, 5.74) is 6.17. The molecule has 1 saturated heterocycles. The molecular formula is C41H65N9O5. The Morgan fingerprint density at radius 2 is 1.60 bits per heavy atom. The number of piperidine rings is 1. The number of nitrogens with one attached hydrogen (secondary N) is 2. The van der Waals surface area contributed by atoms with Crippen molar-refractivity contribution >= 4 is 34.9 Å². The first-order chi connectivity index (χ1) is 26.3. The van der Waals surface area contributed by atoms with Crippen molar-refractivity contribution in [2.24, 2.45) is 5.73 Å². The SMILES string of the molecule is CC(C)(C)OC(=O)N(CCCc1cc(CNc2nc(NC3CCN(CCN)CC3)c3ccccc3n2)no1)CCCN(C(=O)OC(C)(C)C)C1CCCCC1. The summed E-state index contributed by atoms with van der Waals surface area (Å²) in [6.07, 6.45) is 8.68. The number of carbonyl (C=O) groups is 2. The van der Waals surface area contributed by atoms with Crippen LogP contribution in [0.15, 0.2) is 34.9 Å². The van der Waals surface area contributed by atoms with Crippen LogP contribution in [0, 0.1) is 0 Å². The number of aryl methyl sites for hydroxylation is 1. The highest BCUT2D eigenvalue weighted by molar-refractivity contribution is 5.90. The molecule has 304 valence electrons. The van der Waals surface area contributed by atoms with E-state index in [4.69, 9.17) is 29.7 Å². The summed E-state index contributed by atoms with van der Waals surface area (Å²) in [7, 11) is 0. The lowest BCUT2D eigenvalue weighted by Crippen LogP contribution is -2.46. The summed E-state index contributed by atoms with van der Waals surface area (Å²) in [6, 6.07) is 10.5. The number of para-hydroxylation sites is 1. The van der Waals surface area contributed by atoms with Crippen LogP contribution in [0.5, 0.6) is 0 Å². The van der Waals surface area contributed by atoms with Crippen LogP contribution in [0.3, 0.4) is 0 Å². The van der Waals surface area contributed by atoms with Gasteiger partial charge in [0.05, 0.1) is 12.1 Å². The molecule has 0 radical (unpaired) electrons. The fourth-order valence-electron chi connectivity index (χ4n) is 7.30. The standard InChI is InChI=1S/C41H65N9O5/c1-40(2,3)53-38(51)49(23-13-24-50(32-14-8-7-9-15-32)39(52)54-41(4,5)6)22-12-16-33-28-31(47-55-33)29-43-37-45-35-18-11-10-17-34(35)36(46-37)44-30-19-25-48(26-20-30)27-21-42/h10-11,17-18,28,30,32H,7-9,12-16,19-27,29,42H2,1-6H3,(H2,43,44,45,46). The number of benzene rings is 1. The van der Waals surface area contributed by atoms with Crippen LogP contribution in [0.25, 0.3) is 10.9 Å². The summed E-state index contributed by atoms with van der Waals surface area (Å²) >= 11 is 0. The first-order valence-electron chi connectivity index (χ1n) is 20.4. The Bertz CT molecular complexity index is 1660. The smallest absolute Gasteiger partial charge is 0.410 e. The Labute approximate surface area is 327 Å². The van der Waals surface area contributed by atoms with E-state index in [2.05, 4.69) is 26.8 Å². The maximum atomic E-state index is 13.3. The summed E-state index contributed by atoms with van der Waals surface area (Å²) in [5.74, 6) is 2.08. The molecule has 14 nitrogen and oxygen atoms in total. The number of hydrogen-bond acceptors (Lipinski definition) is 12. The monoisotopic (exact) mass is 764 g/mol. The van der Waals surface area contributed by atoms with Gasteiger partial charge in [-0.25, -0.2) is 14.6 Å². The molecule has 0 unspecified atom stereocenters. The molecule has 55 heavy (non-hydrogen) atoms. The lowest BCUT2D eigenvalue weighted by molar-refractivity contribution is 0.00997. The molecule has 1 aliphatic carbocycles. The van der Waals surface area contributed by atoms with Gasteiger partial charge in [-0.05, 0) is 92.2 Å². The number of fused-ring (bicyclic) bond motifs is 1. The van der Waals surface area contributed by atoms with Crippen LogP contribution in [-0.4, -0.2) is 111 Å². The average Bonchev–Trinajstić information content (AvgIpc) is 3.59. The number of likely N-dealkylation sites (tertiary alicyclic amines) is 1. The summed E-state index contributed by atoms with van der Waals surface area (Å²) < 4.78 is 17.3. The minimum absolute atomic E-state index is 0.162. The molecule has 1 saturated carbocycles. The number of hydrogen-bond donors (Lipinski definition) is 3. The van der Waals surface area contributed by atoms with Crippen molar-refractivity contribution < 1.29 is 23.6 Å². The first-order valence-corrected chi connectivity index (χ1v) is 20.4. The van der Waals surface area contributed by atoms with E-state index < -0.39 is 11.2 Å². The Morgan fingerprint density at radius 3 is 2.31 bits per heavy atom. The lowest BCUT2D eigenvalue weighted by Gasteiger charge is -2.36. The predicted molar refractivity (Wildman–Crippen MR) is 216 cm³/mol. The van der Waals surface area contributed by atoms with Crippen LogP contribution < -0.4 is 16.4 Å². The summed E-state index contributed by atoms with van der Waals surface area (Å²) in [4.78, 5) is 42.2. The van der Waals surface area contributed by atoms with Gasteiger partial charge in [0.25, 0.3) is 0 Å². The van der Waals surface area contributed by atoms with Gasteiger partial charge >= 0.3 is 12.2 Å². The largest absolute Gasteiger partial charge is 0.444 e. The minimum atomic E-state index is -0.624. The highest BCUT2D eigenvalue weighted by atomic mass is 16.6. The van der Waals surface area contributed by atoms with Crippen molar-refractivity contribution in [2.45, 2.75) is 136 Å². The third-order valence-corrected chi connectivity index (χ3v) is 9.99. The Morgan fingerprint density at radius 1 is 0.909 bits per heavy atom. The summed E-state index contributed by atoms with van der Waals surface area (Å²) in [5, 5.41) is 12.3. The molecule has 3 heterocycles. The molecule has 1 aromatic carbocycles. The molecule has 1 aliphatic heterocycles. The van der Waals surface area contributed by atoms with E-state index in [1.807, 2.05) is 70.7 Å². The van der Waals surface area contributed by atoms with Gasteiger partial charge in [-0.3, -0.25) is 0 Å². The van der Waals surface area contributed by atoms with E-state index in [1.165, 1.54) is 6.42 Å². The molecule has 4 N–H and O–H groups in total. The maximum absolute atomic E-state index is 13.3. The molecule has 0 atom stereocenters. The highest BCUT2D eigenvalue weighted by Crippen LogP contribution is 2.26. The minimum Gasteiger partial charge on any atom is -0.444 e. The van der Waals surface area contributed by atoms with Crippen molar-refractivity contribution in [1.82, 2.24) is 29.8 Å². The molecular weight excluding hydrogens is 699 g/mol. The molecule has 2 aliphatic rings. The lowest BCUT2D eigenvalue weighted by atomic mass is 9.94. The number of nitrogens with zero attached hydrogens (tertiary/aromatic N) is 6. The van der Waals surface area contributed by atoms with Crippen LogP contribution in [0.2, 0.25) is 0 Å². The molecule has 3 aromatic rings. The van der Waals surface area contributed by atoms with Crippen molar-refractivity contribution in [3.8, 4) is 0 Å². The maximum Gasteiger partial charge on any atom is 0.410 e. The quantitative estimate of drug-likeness (QED) is 0.135. The fraction of sp³-hybridized carbons (Fsp3) is 0.683. The molecule has 5 rings (SSSR count). The highest BCUT2D eigenvalue weighted by Gasteiger charge is 2.30. The van der Waals surface area contributed by atoms with Gasteiger partial charge in [-0.1, -0.05) is 36.6 Å². The van der Waals surface area contributed by atoms with Gasteiger partial charge in [-0.15, -0.1) is 0 Å². The molecule has 2 amide bonds. The topological polar surface area (TPSA) is 164 Å². The van der Waals surface area contributed by atoms with Crippen LogP contribution in [-0.2, 0) is 22.4 Å². The van der Waals surface area contributed by atoms with Gasteiger partial charge in [0, 0.05) is 75.8 Å². The van der Waals surface area contributed by atoms with Crippen molar-refractivity contribution in [1.29, 1.82) is 0 Å². The third-order valence-electron chi connectivity index (χ3n) is 9.99. The summed E-state index contributed by atoms with van der Waals surface area (Å²) in [6.45, 7) is 16.8. The molecule has 0 bridgehead atoms. The predicted octanol–water partition coefficient (Wildman–Crippen LogP) is 7.19. The number of nitrogens with two attached hydrogens (primary N) is 1. The molecule has 2 aromatic heterocycles. The number of anilines is 2. The van der Waals surface area contributed by atoms with E-state index >= 15 is 0 Å². The van der Waals surface area contributed by atoms with Gasteiger partial charge in [0.2, 0.25) is 5.95 Å². The van der Waals surface area contributed by atoms with E-state index in [0.717, 1.165) is 86.3 Å². The second kappa shape index (κ2) is 19.6. The number of ether oxygens (including phenoxy) is 2. The van der Waals surface area contributed by atoms with Crippen molar-refractivity contribution in [2.75, 3.05) is 56.4 Å². The van der Waals surface area contributed by atoms with E-state index in [1.54, 1.807) is 4.90 Å². The number of rotatable bonds is 16. The first kappa shape index (κ1) is 42.0. The Hall–Kier alpha value is -4.17. The van der Waals surface area contributed by atoms with E-state index in [0.29, 0.717) is 64.0 Å². The van der Waals surface area contributed by atoms with Crippen LogP contribution in [0.1, 0.15) is 111 Å². The number of amides is 2. The average molecular weight is 764 g/mol. The Balaban J connectivity index is 1.15. The zero-order chi connectivity index (χ0) is 39.4. The molecule has 14 heteroatoms. The molecule has 0 spiro atoms. The van der Waals surface area contributed by atoms with Gasteiger partial charge < -0.3 is 45.1 Å². The molecule has 2 fully saturated rings. The van der Waals surface area contributed by atoms with Crippen molar-refractivity contribution in [3.63, 3.8) is 0 Å². The van der Waals surface area contributed by atoms with E-state index in [9.17, 15) is 9.59 Å². The second-order valence-corrected chi connectivity index (χ2v) is 17.0. The van der Waals surface area contributed by atoms with Crippen LogP contribution in [0.4, 0.5) is 21.4 Å². The van der Waals surface area contributed by atoms with Crippen molar-refractivity contribution in [3.05, 3.63) is 41.8 Å². The van der Waals surface area contributed by atoms with Gasteiger partial charge in [0.1, 0.15) is 28.5 Å². The zero-order valence-corrected chi connectivity index (χ0v) is 34.1. The normalized spacial score (nSPS) is 16.2. The number of aromatic nitrogens is 3.